The number of carbonyl (C=O) groups is 1. The van der Waals surface area contributed by atoms with Crippen LogP contribution in [0.4, 0.5) is 11.4 Å². The van der Waals surface area contributed by atoms with E-state index in [2.05, 4.69) is 12.2 Å². The lowest BCUT2D eigenvalue weighted by Gasteiger charge is -2.09. The van der Waals surface area contributed by atoms with Crippen molar-refractivity contribution in [2.45, 2.75) is 52.4 Å². The predicted octanol–water partition coefficient (Wildman–Crippen LogP) is 3.88. The van der Waals surface area contributed by atoms with Gasteiger partial charge < -0.3 is 11.1 Å². The standard InChI is InChI=1S/C15H24N2O/c1-3-4-5-6-7-8-15(18)17-14-11-12(2)9-10-13(14)16/h9-11H,3-8,16H2,1-2H3,(H,17,18). The van der Waals surface area contributed by atoms with Gasteiger partial charge in [-0.2, -0.15) is 0 Å². The molecule has 0 heterocycles. The van der Waals surface area contributed by atoms with Crippen LogP contribution in [0.3, 0.4) is 0 Å². The summed E-state index contributed by atoms with van der Waals surface area (Å²) in [5, 5.41) is 2.88. The van der Waals surface area contributed by atoms with Crippen LogP contribution < -0.4 is 11.1 Å². The molecule has 0 fully saturated rings. The van der Waals surface area contributed by atoms with Gasteiger partial charge >= 0.3 is 0 Å². The number of amides is 1. The molecule has 1 rings (SSSR count). The minimum absolute atomic E-state index is 0.0591. The molecule has 0 atom stereocenters. The Labute approximate surface area is 110 Å². The summed E-state index contributed by atoms with van der Waals surface area (Å²) in [6.45, 7) is 4.17. The monoisotopic (exact) mass is 248 g/mol. The maximum atomic E-state index is 11.7. The molecule has 0 spiro atoms. The number of rotatable bonds is 7. The molecular formula is C15H24N2O. The zero-order valence-electron chi connectivity index (χ0n) is 11.5. The third-order valence-corrected chi connectivity index (χ3v) is 2.99. The van der Waals surface area contributed by atoms with Gasteiger partial charge in [0.05, 0.1) is 11.4 Å². The van der Waals surface area contributed by atoms with E-state index in [9.17, 15) is 4.79 Å². The summed E-state index contributed by atoms with van der Waals surface area (Å²) in [5.41, 5.74) is 8.27. The van der Waals surface area contributed by atoms with E-state index >= 15 is 0 Å². The van der Waals surface area contributed by atoms with Crippen molar-refractivity contribution in [1.29, 1.82) is 0 Å². The van der Waals surface area contributed by atoms with Gasteiger partial charge in [0, 0.05) is 6.42 Å². The number of hydrogen-bond donors (Lipinski definition) is 2. The van der Waals surface area contributed by atoms with Crippen molar-refractivity contribution in [3.63, 3.8) is 0 Å². The molecule has 3 nitrogen and oxygen atoms in total. The molecule has 0 aliphatic heterocycles. The van der Waals surface area contributed by atoms with E-state index in [1.54, 1.807) is 0 Å². The number of nitrogen functional groups attached to an aromatic ring is 1. The van der Waals surface area contributed by atoms with Crippen molar-refractivity contribution in [3.05, 3.63) is 23.8 Å². The molecule has 18 heavy (non-hydrogen) atoms. The molecule has 1 amide bonds. The lowest BCUT2D eigenvalue weighted by Crippen LogP contribution is -2.12. The van der Waals surface area contributed by atoms with Crippen molar-refractivity contribution < 1.29 is 4.79 Å². The molecular weight excluding hydrogens is 224 g/mol. The molecule has 3 heteroatoms. The number of carbonyl (C=O) groups excluding carboxylic acids is 1. The fourth-order valence-corrected chi connectivity index (χ4v) is 1.88. The first-order valence-corrected chi connectivity index (χ1v) is 6.79. The van der Waals surface area contributed by atoms with Crippen molar-refractivity contribution >= 4 is 17.3 Å². The van der Waals surface area contributed by atoms with Gasteiger partial charge in [0.1, 0.15) is 0 Å². The van der Waals surface area contributed by atoms with E-state index in [0.717, 1.165) is 24.1 Å². The second kappa shape index (κ2) is 7.75. The van der Waals surface area contributed by atoms with E-state index in [-0.39, 0.29) is 5.91 Å². The summed E-state index contributed by atoms with van der Waals surface area (Å²) in [6.07, 6.45) is 6.37. The van der Waals surface area contributed by atoms with Crippen LogP contribution in [0.5, 0.6) is 0 Å². The van der Waals surface area contributed by atoms with Gasteiger partial charge in [-0.25, -0.2) is 0 Å². The van der Waals surface area contributed by atoms with Crippen molar-refractivity contribution in [3.8, 4) is 0 Å². The number of benzene rings is 1. The maximum Gasteiger partial charge on any atom is 0.224 e. The summed E-state index contributed by atoms with van der Waals surface area (Å²) >= 11 is 0. The number of nitrogens with two attached hydrogens (primary N) is 1. The normalized spacial score (nSPS) is 10.3. The molecule has 0 aliphatic rings. The average molecular weight is 248 g/mol. The first-order valence-electron chi connectivity index (χ1n) is 6.79. The molecule has 0 saturated heterocycles. The van der Waals surface area contributed by atoms with Crippen LogP contribution in [0.2, 0.25) is 0 Å². The Morgan fingerprint density at radius 1 is 1.22 bits per heavy atom. The average Bonchev–Trinajstić information content (AvgIpc) is 2.33. The van der Waals surface area contributed by atoms with Gasteiger partial charge in [-0.3, -0.25) is 4.79 Å². The van der Waals surface area contributed by atoms with Gasteiger partial charge in [-0.05, 0) is 31.0 Å². The predicted molar refractivity (Wildman–Crippen MR) is 77.6 cm³/mol. The van der Waals surface area contributed by atoms with Crippen LogP contribution in [0.15, 0.2) is 18.2 Å². The molecule has 3 N–H and O–H groups in total. The number of anilines is 2. The highest BCUT2D eigenvalue weighted by Gasteiger charge is 2.05. The summed E-state index contributed by atoms with van der Waals surface area (Å²) in [4.78, 5) is 11.7. The zero-order valence-corrected chi connectivity index (χ0v) is 11.5. The maximum absolute atomic E-state index is 11.7. The van der Waals surface area contributed by atoms with Crippen molar-refractivity contribution in [1.82, 2.24) is 0 Å². The molecule has 0 radical (unpaired) electrons. The Kier molecular flexibility index (Phi) is 6.26. The lowest BCUT2D eigenvalue weighted by molar-refractivity contribution is -0.116. The lowest BCUT2D eigenvalue weighted by atomic mass is 10.1. The number of hydrogen-bond acceptors (Lipinski definition) is 2. The van der Waals surface area contributed by atoms with Crippen molar-refractivity contribution in [2.24, 2.45) is 0 Å². The summed E-state index contributed by atoms with van der Waals surface area (Å²) < 4.78 is 0. The SMILES string of the molecule is CCCCCCCC(=O)Nc1cc(C)ccc1N. The number of nitrogens with one attached hydrogen (secondary N) is 1. The second-order valence-electron chi connectivity index (χ2n) is 4.80. The molecule has 0 unspecified atom stereocenters. The minimum Gasteiger partial charge on any atom is -0.397 e. The molecule has 0 aliphatic carbocycles. The Morgan fingerprint density at radius 3 is 2.67 bits per heavy atom. The highest BCUT2D eigenvalue weighted by atomic mass is 16.1. The van der Waals surface area contributed by atoms with Crippen LogP contribution >= 0.6 is 0 Å². The van der Waals surface area contributed by atoms with E-state index in [0.29, 0.717) is 12.1 Å². The molecule has 1 aromatic rings. The second-order valence-corrected chi connectivity index (χ2v) is 4.80. The zero-order chi connectivity index (χ0) is 13.4. The molecule has 1 aromatic carbocycles. The first-order chi connectivity index (χ1) is 8.63. The third-order valence-electron chi connectivity index (χ3n) is 2.99. The van der Waals surface area contributed by atoms with Gasteiger partial charge in [-0.15, -0.1) is 0 Å². The Bertz CT molecular complexity index is 388. The van der Waals surface area contributed by atoms with Gasteiger partial charge in [0.2, 0.25) is 5.91 Å². The molecule has 100 valence electrons. The molecule has 0 aromatic heterocycles. The Hall–Kier alpha value is -1.51. The fourth-order valence-electron chi connectivity index (χ4n) is 1.88. The first kappa shape index (κ1) is 14.6. The Morgan fingerprint density at radius 2 is 1.94 bits per heavy atom. The Balaban J connectivity index is 2.33. The highest BCUT2D eigenvalue weighted by molar-refractivity contribution is 5.93. The van der Waals surface area contributed by atoms with Gasteiger partial charge in [0.25, 0.3) is 0 Å². The van der Waals surface area contributed by atoms with Gasteiger partial charge in [0.15, 0.2) is 0 Å². The van der Waals surface area contributed by atoms with Crippen LogP contribution in [0.25, 0.3) is 0 Å². The summed E-state index contributed by atoms with van der Waals surface area (Å²) in [5.74, 6) is 0.0591. The largest absolute Gasteiger partial charge is 0.397 e. The topological polar surface area (TPSA) is 55.1 Å². The minimum atomic E-state index is 0.0591. The quantitative estimate of drug-likeness (QED) is 0.568. The van der Waals surface area contributed by atoms with Crippen LogP contribution in [-0.2, 0) is 4.79 Å². The molecule has 0 saturated carbocycles. The van der Waals surface area contributed by atoms with E-state index in [1.807, 2.05) is 25.1 Å². The van der Waals surface area contributed by atoms with Crippen LogP contribution in [0.1, 0.15) is 51.0 Å². The highest BCUT2D eigenvalue weighted by Crippen LogP contribution is 2.20. The third kappa shape index (κ3) is 5.21. The molecule has 0 bridgehead atoms. The van der Waals surface area contributed by atoms with Crippen LogP contribution in [-0.4, -0.2) is 5.91 Å². The van der Waals surface area contributed by atoms with Crippen molar-refractivity contribution in [2.75, 3.05) is 11.1 Å². The number of aryl methyl sites for hydroxylation is 1. The number of unbranched alkanes of at least 4 members (excludes halogenated alkanes) is 4. The van der Waals surface area contributed by atoms with E-state index in [4.69, 9.17) is 5.73 Å². The summed E-state index contributed by atoms with van der Waals surface area (Å²) in [6, 6.07) is 5.67. The van der Waals surface area contributed by atoms with Gasteiger partial charge in [-0.1, -0.05) is 38.7 Å². The summed E-state index contributed by atoms with van der Waals surface area (Å²) in [7, 11) is 0. The van der Waals surface area contributed by atoms with E-state index < -0.39 is 0 Å². The van der Waals surface area contributed by atoms with Crippen LogP contribution in [0, 0.1) is 6.92 Å². The smallest absolute Gasteiger partial charge is 0.224 e. The van der Waals surface area contributed by atoms with E-state index in [1.165, 1.54) is 19.3 Å². The fraction of sp³-hybridized carbons (Fsp3) is 0.533.